The van der Waals surface area contributed by atoms with E-state index in [4.69, 9.17) is 14.2 Å². The maximum Gasteiger partial charge on any atom is 0.258 e. The summed E-state index contributed by atoms with van der Waals surface area (Å²) < 4.78 is 17.4. The van der Waals surface area contributed by atoms with Crippen LogP contribution in [-0.4, -0.2) is 32.8 Å². The molecular weight excluding hydrogens is 398 g/mol. The highest BCUT2D eigenvalue weighted by Crippen LogP contribution is 2.28. The highest BCUT2D eigenvalue weighted by atomic mass is 79.9. The highest BCUT2D eigenvalue weighted by molar-refractivity contribution is 9.10. The van der Waals surface area contributed by atoms with Crippen molar-refractivity contribution in [3.05, 3.63) is 65.2 Å². The van der Waals surface area contributed by atoms with Gasteiger partial charge in [-0.1, -0.05) is 34.1 Å². The molecule has 26 heavy (non-hydrogen) atoms. The van der Waals surface area contributed by atoms with Crippen molar-refractivity contribution in [2.75, 3.05) is 26.9 Å². The van der Waals surface area contributed by atoms with Gasteiger partial charge in [-0.15, -0.1) is 6.58 Å². The number of rotatable bonds is 10. The third-order valence-corrected chi connectivity index (χ3v) is 3.95. The molecule has 0 unspecified atom stereocenters. The number of halogens is 1. The van der Waals surface area contributed by atoms with Gasteiger partial charge < -0.3 is 19.5 Å². The van der Waals surface area contributed by atoms with Crippen molar-refractivity contribution in [3.8, 4) is 17.2 Å². The second-order valence-corrected chi connectivity index (χ2v) is 6.34. The van der Waals surface area contributed by atoms with Gasteiger partial charge in [-0.05, 0) is 42.3 Å². The molecular formula is C20H22BrNO4. The van der Waals surface area contributed by atoms with Crippen LogP contribution in [0.1, 0.15) is 5.56 Å². The van der Waals surface area contributed by atoms with Crippen LogP contribution in [0.25, 0.3) is 0 Å². The van der Waals surface area contributed by atoms with Gasteiger partial charge in [0.1, 0.15) is 12.4 Å². The van der Waals surface area contributed by atoms with Crippen molar-refractivity contribution >= 4 is 21.8 Å². The van der Waals surface area contributed by atoms with Gasteiger partial charge in [-0.25, -0.2) is 0 Å². The molecule has 0 radical (unpaired) electrons. The van der Waals surface area contributed by atoms with E-state index in [1.807, 2.05) is 42.5 Å². The normalized spacial score (nSPS) is 10.1. The number of ether oxygens (including phenoxy) is 3. The first kappa shape index (κ1) is 19.8. The molecule has 0 heterocycles. The Bertz CT molecular complexity index is 748. The van der Waals surface area contributed by atoms with E-state index in [0.29, 0.717) is 24.7 Å². The van der Waals surface area contributed by atoms with Crippen molar-refractivity contribution in [3.63, 3.8) is 0 Å². The first-order valence-corrected chi connectivity index (χ1v) is 8.97. The standard InChI is InChI=1S/C20H22BrNO4/c1-3-5-15-8-9-18(19(12-15)24-2)26-14-20(23)22-10-11-25-17-7-4-6-16(21)13-17/h3-4,6-9,12-13H,1,5,10-11,14H2,2H3,(H,22,23). The molecule has 2 rings (SSSR count). The van der Waals surface area contributed by atoms with Crippen LogP contribution < -0.4 is 19.5 Å². The van der Waals surface area contributed by atoms with Crippen LogP contribution >= 0.6 is 15.9 Å². The summed E-state index contributed by atoms with van der Waals surface area (Å²) in [7, 11) is 1.57. The topological polar surface area (TPSA) is 56.8 Å². The quantitative estimate of drug-likeness (QED) is 0.470. The average Bonchev–Trinajstić information content (AvgIpc) is 2.64. The van der Waals surface area contributed by atoms with E-state index in [1.54, 1.807) is 13.2 Å². The number of benzene rings is 2. The summed E-state index contributed by atoms with van der Waals surface area (Å²) in [4.78, 5) is 11.9. The first-order chi connectivity index (χ1) is 12.6. The molecule has 2 aromatic rings. The van der Waals surface area contributed by atoms with E-state index in [9.17, 15) is 4.79 Å². The number of nitrogens with one attached hydrogen (secondary N) is 1. The number of allylic oxidation sites excluding steroid dienone is 1. The second kappa shape index (κ2) is 10.5. The molecule has 1 N–H and O–H groups in total. The van der Waals surface area contributed by atoms with Crippen LogP contribution in [0.5, 0.6) is 17.2 Å². The number of hydrogen-bond acceptors (Lipinski definition) is 4. The predicted molar refractivity (Wildman–Crippen MR) is 105 cm³/mol. The van der Waals surface area contributed by atoms with Gasteiger partial charge >= 0.3 is 0 Å². The molecule has 0 aliphatic heterocycles. The minimum absolute atomic E-state index is 0.0892. The molecule has 138 valence electrons. The molecule has 0 aliphatic rings. The lowest BCUT2D eigenvalue weighted by molar-refractivity contribution is -0.123. The molecule has 0 aromatic heterocycles. The summed E-state index contributed by atoms with van der Waals surface area (Å²) in [5.74, 6) is 1.64. The highest BCUT2D eigenvalue weighted by Gasteiger charge is 2.08. The van der Waals surface area contributed by atoms with Crippen LogP contribution in [0, 0.1) is 0 Å². The number of hydrogen-bond donors (Lipinski definition) is 1. The number of carbonyl (C=O) groups excluding carboxylic acids is 1. The third-order valence-electron chi connectivity index (χ3n) is 3.46. The Labute approximate surface area is 162 Å². The number of methoxy groups -OCH3 is 1. The molecule has 0 spiro atoms. The fourth-order valence-corrected chi connectivity index (χ4v) is 2.61. The summed E-state index contributed by atoms with van der Waals surface area (Å²) in [5.41, 5.74) is 1.07. The number of amides is 1. The van der Waals surface area contributed by atoms with Crippen molar-refractivity contribution in [2.24, 2.45) is 0 Å². The molecule has 0 atom stereocenters. The van der Waals surface area contributed by atoms with E-state index >= 15 is 0 Å². The van der Waals surface area contributed by atoms with Crippen LogP contribution in [-0.2, 0) is 11.2 Å². The molecule has 6 heteroatoms. The van der Waals surface area contributed by atoms with E-state index in [0.717, 1.165) is 22.2 Å². The SMILES string of the molecule is C=CCc1ccc(OCC(=O)NCCOc2cccc(Br)c2)c(OC)c1. The lowest BCUT2D eigenvalue weighted by Gasteiger charge is -2.12. The average molecular weight is 420 g/mol. The Kier molecular flexibility index (Phi) is 8.02. The van der Waals surface area contributed by atoms with Crippen LogP contribution in [0.4, 0.5) is 0 Å². The van der Waals surface area contributed by atoms with Crippen molar-refractivity contribution in [2.45, 2.75) is 6.42 Å². The predicted octanol–water partition coefficient (Wildman–Crippen LogP) is 3.76. The minimum atomic E-state index is -0.222. The summed E-state index contributed by atoms with van der Waals surface area (Å²) in [6.45, 7) is 4.40. The van der Waals surface area contributed by atoms with E-state index in [2.05, 4.69) is 27.8 Å². The molecule has 1 amide bonds. The lowest BCUT2D eigenvalue weighted by atomic mass is 10.1. The second-order valence-electron chi connectivity index (χ2n) is 5.42. The molecule has 0 saturated heterocycles. The van der Waals surface area contributed by atoms with E-state index in [-0.39, 0.29) is 12.5 Å². The molecule has 0 fully saturated rings. The molecule has 2 aromatic carbocycles. The molecule has 0 saturated carbocycles. The number of carbonyl (C=O) groups is 1. The Morgan fingerprint density at radius 3 is 2.77 bits per heavy atom. The molecule has 0 bridgehead atoms. The van der Waals surface area contributed by atoms with Crippen LogP contribution in [0.2, 0.25) is 0 Å². The Morgan fingerprint density at radius 2 is 2.04 bits per heavy atom. The van der Waals surface area contributed by atoms with Gasteiger partial charge in [0.05, 0.1) is 13.7 Å². The zero-order valence-corrected chi connectivity index (χ0v) is 16.3. The smallest absolute Gasteiger partial charge is 0.258 e. The Hall–Kier alpha value is -2.47. The van der Waals surface area contributed by atoms with Gasteiger partial charge in [-0.3, -0.25) is 4.79 Å². The monoisotopic (exact) mass is 419 g/mol. The van der Waals surface area contributed by atoms with E-state index in [1.165, 1.54) is 0 Å². The van der Waals surface area contributed by atoms with Crippen LogP contribution in [0.3, 0.4) is 0 Å². The fourth-order valence-electron chi connectivity index (χ4n) is 2.24. The largest absolute Gasteiger partial charge is 0.493 e. The van der Waals surface area contributed by atoms with Crippen molar-refractivity contribution in [1.29, 1.82) is 0 Å². The Balaban J connectivity index is 1.73. The minimum Gasteiger partial charge on any atom is -0.493 e. The zero-order valence-electron chi connectivity index (χ0n) is 14.7. The van der Waals surface area contributed by atoms with Gasteiger partial charge in [0.15, 0.2) is 18.1 Å². The summed E-state index contributed by atoms with van der Waals surface area (Å²) >= 11 is 3.38. The fraction of sp³-hybridized carbons (Fsp3) is 0.250. The maximum absolute atomic E-state index is 11.9. The van der Waals surface area contributed by atoms with Gasteiger partial charge in [0.2, 0.25) is 0 Å². The van der Waals surface area contributed by atoms with E-state index < -0.39 is 0 Å². The zero-order chi connectivity index (χ0) is 18.8. The summed E-state index contributed by atoms with van der Waals surface area (Å²) in [6, 6.07) is 13.1. The summed E-state index contributed by atoms with van der Waals surface area (Å²) in [6.07, 6.45) is 2.56. The van der Waals surface area contributed by atoms with Gasteiger partial charge in [-0.2, -0.15) is 0 Å². The summed E-state index contributed by atoms with van der Waals surface area (Å²) in [5, 5.41) is 2.75. The molecule has 5 nitrogen and oxygen atoms in total. The van der Waals surface area contributed by atoms with Gasteiger partial charge in [0, 0.05) is 4.47 Å². The van der Waals surface area contributed by atoms with Gasteiger partial charge in [0.25, 0.3) is 5.91 Å². The Morgan fingerprint density at radius 1 is 1.19 bits per heavy atom. The lowest BCUT2D eigenvalue weighted by Crippen LogP contribution is -2.32. The molecule has 0 aliphatic carbocycles. The maximum atomic E-state index is 11.9. The van der Waals surface area contributed by atoms with Crippen LogP contribution in [0.15, 0.2) is 59.6 Å². The first-order valence-electron chi connectivity index (χ1n) is 8.18. The third kappa shape index (κ3) is 6.44. The van der Waals surface area contributed by atoms with Crippen molar-refractivity contribution < 1.29 is 19.0 Å². The van der Waals surface area contributed by atoms with Crippen molar-refractivity contribution in [1.82, 2.24) is 5.32 Å².